The van der Waals surface area contributed by atoms with E-state index in [0.717, 1.165) is 13.0 Å². The second kappa shape index (κ2) is 8.75. The molecule has 1 rings (SSSR count). The smallest absolute Gasteiger partial charge is 0.254 e. The summed E-state index contributed by atoms with van der Waals surface area (Å²) in [6.45, 7) is 5.45. The van der Waals surface area contributed by atoms with Gasteiger partial charge in [0.25, 0.3) is 5.91 Å². The first-order valence-corrected chi connectivity index (χ1v) is 7.26. The van der Waals surface area contributed by atoms with Crippen LogP contribution in [0.2, 0.25) is 0 Å². The Kier molecular flexibility index (Phi) is 7.26. The highest BCUT2D eigenvalue weighted by Crippen LogP contribution is 2.14. The molecule has 4 nitrogen and oxygen atoms in total. The summed E-state index contributed by atoms with van der Waals surface area (Å²) in [4.78, 5) is 11.9. The Labute approximate surface area is 115 Å². The highest BCUT2D eigenvalue weighted by atomic mass is 16.3. The van der Waals surface area contributed by atoms with Crippen LogP contribution < -0.4 is 11.1 Å². The van der Waals surface area contributed by atoms with E-state index in [2.05, 4.69) is 19.2 Å². The highest BCUT2D eigenvalue weighted by molar-refractivity contribution is 5.93. The van der Waals surface area contributed by atoms with Crippen molar-refractivity contribution in [3.8, 4) is 0 Å². The summed E-state index contributed by atoms with van der Waals surface area (Å²) >= 11 is 0. The third kappa shape index (κ3) is 5.47. The predicted molar refractivity (Wildman–Crippen MR) is 76.9 cm³/mol. The van der Waals surface area contributed by atoms with Gasteiger partial charge in [0.1, 0.15) is 12.0 Å². The number of nitrogens with two attached hydrogens (primary N) is 1. The normalized spacial score (nSPS) is 12.4. The van der Waals surface area contributed by atoms with E-state index in [9.17, 15) is 4.79 Å². The molecule has 0 bridgehead atoms. The Morgan fingerprint density at radius 2 is 2.16 bits per heavy atom. The van der Waals surface area contributed by atoms with Crippen molar-refractivity contribution in [1.82, 2.24) is 5.32 Å². The average molecular weight is 266 g/mol. The third-order valence-corrected chi connectivity index (χ3v) is 3.33. The molecule has 19 heavy (non-hydrogen) atoms. The number of rotatable bonds is 9. The molecule has 0 spiro atoms. The quantitative estimate of drug-likeness (QED) is 0.721. The van der Waals surface area contributed by atoms with Gasteiger partial charge in [-0.1, -0.05) is 33.1 Å². The van der Waals surface area contributed by atoms with Crippen LogP contribution in [0.1, 0.15) is 62.1 Å². The first-order chi connectivity index (χ1) is 9.21. The molecule has 1 amide bonds. The SMILES string of the molecule is CCCCC(CCC)CNC(=O)c1coc(CN)c1. The van der Waals surface area contributed by atoms with E-state index >= 15 is 0 Å². The number of hydrogen-bond donors (Lipinski definition) is 2. The molecule has 1 aromatic rings. The summed E-state index contributed by atoms with van der Waals surface area (Å²) in [6, 6.07) is 1.70. The molecule has 0 saturated carbocycles. The standard InChI is InChI=1S/C15H26N2O2/c1-3-5-7-12(6-4-2)10-17-15(18)13-8-14(9-16)19-11-13/h8,11-12H,3-7,9-10,16H2,1-2H3,(H,17,18). The predicted octanol–water partition coefficient (Wildman–Crippen LogP) is 3.07. The number of hydrogen-bond acceptors (Lipinski definition) is 3. The minimum atomic E-state index is -0.0685. The van der Waals surface area contributed by atoms with Crippen molar-refractivity contribution in [2.45, 2.75) is 52.5 Å². The van der Waals surface area contributed by atoms with E-state index in [4.69, 9.17) is 10.2 Å². The summed E-state index contributed by atoms with van der Waals surface area (Å²) in [5.41, 5.74) is 6.02. The molecule has 1 unspecified atom stereocenters. The van der Waals surface area contributed by atoms with Gasteiger partial charge in [0.05, 0.1) is 12.1 Å². The number of amides is 1. The van der Waals surface area contributed by atoms with E-state index < -0.39 is 0 Å². The first-order valence-electron chi connectivity index (χ1n) is 7.26. The Balaban J connectivity index is 2.41. The zero-order valence-corrected chi connectivity index (χ0v) is 12.1. The van der Waals surface area contributed by atoms with Crippen LogP contribution in [0.25, 0.3) is 0 Å². The van der Waals surface area contributed by atoms with Gasteiger partial charge in [0.2, 0.25) is 0 Å². The maximum absolute atomic E-state index is 11.9. The van der Waals surface area contributed by atoms with E-state index in [0.29, 0.717) is 23.8 Å². The number of carbonyl (C=O) groups is 1. The molecular weight excluding hydrogens is 240 g/mol. The molecule has 3 N–H and O–H groups in total. The molecule has 0 aromatic carbocycles. The molecule has 4 heteroatoms. The molecule has 1 atom stereocenters. The van der Waals surface area contributed by atoms with Crippen molar-refractivity contribution < 1.29 is 9.21 Å². The Hall–Kier alpha value is -1.29. The van der Waals surface area contributed by atoms with Crippen molar-refractivity contribution in [3.63, 3.8) is 0 Å². The van der Waals surface area contributed by atoms with Crippen LogP contribution in [-0.2, 0) is 6.54 Å². The van der Waals surface area contributed by atoms with Crippen LogP contribution in [-0.4, -0.2) is 12.5 Å². The van der Waals surface area contributed by atoms with Gasteiger partial charge >= 0.3 is 0 Å². The zero-order valence-electron chi connectivity index (χ0n) is 12.1. The number of nitrogens with one attached hydrogen (secondary N) is 1. The highest BCUT2D eigenvalue weighted by Gasteiger charge is 2.12. The van der Waals surface area contributed by atoms with Gasteiger partial charge in [-0.15, -0.1) is 0 Å². The maximum Gasteiger partial charge on any atom is 0.254 e. The lowest BCUT2D eigenvalue weighted by molar-refractivity contribution is 0.0944. The van der Waals surface area contributed by atoms with Gasteiger partial charge in [0, 0.05) is 6.54 Å². The van der Waals surface area contributed by atoms with E-state index in [1.807, 2.05) is 0 Å². The van der Waals surface area contributed by atoms with Crippen molar-refractivity contribution in [3.05, 3.63) is 23.7 Å². The monoisotopic (exact) mass is 266 g/mol. The maximum atomic E-state index is 11.9. The van der Waals surface area contributed by atoms with Crippen LogP contribution in [0.15, 0.2) is 16.7 Å². The van der Waals surface area contributed by atoms with Crippen LogP contribution in [0.3, 0.4) is 0 Å². The molecule has 0 aliphatic rings. The summed E-state index contributed by atoms with van der Waals surface area (Å²) in [7, 11) is 0. The largest absolute Gasteiger partial charge is 0.467 e. The molecule has 0 aliphatic carbocycles. The molecule has 0 radical (unpaired) electrons. The van der Waals surface area contributed by atoms with Crippen molar-refractivity contribution in [2.24, 2.45) is 11.7 Å². The van der Waals surface area contributed by atoms with E-state index in [1.54, 1.807) is 6.07 Å². The number of furan rings is 1. The minimum absolute atomic E-state index is 0.0685. The van der Waals surface area contributed by atoms with Gasteiger partial charge in [-0.05, 0) is 24.8 Å². The number of carbonyl (C=O) groups excluding carboxylic acids is 1. The summed E-state index contributed by atoms with van der Waals surface area (Å²) in [5, 5.41) is 2.99. The first kappa shape index (κ1) is 15.8. The van der Waals surface area contributed by atoms with Crippen molar-refractivity contribution in [2.75, 3.05) is 6.54 Å². The van der Waals surface area contributed by atoms with Gasteiger partial charge in [0.15, 0.2) is 0 Å². The lowest BCUT2D eigenvalue weighted by atomic mass is 9.97. The Morgan fingerprint density at radius 1 is 1.37 bits per heavy atom. The molecule has 0 saturated heterocycles. The van der Waals surface area contributed by atoms with Crippen LogP contribution >= 0.6 is 0 Å². The van der Waals surface area contributed by atoms with Crippen LogP contribution in [0.4, 0.5) is 0 Å². The molecule has 1 heterocycles. The zero-order chi connectivity index (χ0) is 14.1. The Bertz CT molecular complexity index is 374. The molecule has 0 aliphatic heterocycles. The van der Waals surface area contributed by atoms with Crippen LogP contribution in [0.5, 0.6) is 0 Å². The van der Waals surface area contributed by atoms with Gasteiger partial charge in [-0.3, -0.25) is 4.79 Å². The summed E-state index contributed by atoms with van der Waals surface area (Å²) in [6.07, 6.45) is 7.41. The lowest BCUT2D eigenvalue weighted by Crippen LogP contribution is -2.29. The molecule has 108 valence electrons. The van der Waals surface area contributed by atoms with Gasteiger partial charge in [-0.25, -0.2) is 0 Å². The minimum Gasteiger partial charge on any atom is -0.467 e. The summed E-state index contributed by atoms with van der Waals surface area (Å²) < 4.78 is 5.17. The van der Waals surface area contributed by atoms with E-state index in [-0.39, 0.29) is 5.91 Å². The second-order valence-electron chi connectivity index (χ2n) is 5.01. The molecule has 1 aromatic heterocycles. The van der Waals surface area contributed by atoms with Crippen LogP contribution in [0, 0.1) is 5.92 Å². The fourth-order valence-corrected chi connectivity index (χ4v) is 2.20. The fraction of sp³-hybridized carbons (Fsp3) is 0.667. The molecule has 0 fully saturated rings. The van der Waals surface area contributed by atoms with Crippen molar-refractivity contribution in [1.29, 1.82) is 0 Å². The van der Waals surface area contributed by atoms with Crippen molar-refractivity contribution >= 4 is 5.91 Å². The fourth-order valence-electron chi connectivity index (χ4n) is 2.20. The number of unbranched alkanes of at least 4 members (excludes halogenated alkanes) is 1. The third-order valence-electron chi connectivity index (χ3n) is 3.33. The topological polar surface area (TPSA) is 68.3 Å². The average Bonchev–Trinajstić information content (AvgIpc) is 2.90. The van der Waals surface area contributed by atoms with Gasteiger partial charge < -0.3 is 15.5 Å². The van der Waals surface area contributed by atoms with Gasteiger partial charge in [-0.2, -0.15) is 0 Å². The van der Waals surface area contributed by atoms with E-state index in [1.165, 1.54) is 31.9 Å². The molecular formula is C15H26N2O2. The lowest BCUT2D eigenvalue weighted by Gasteiger charge is -2.16. The summed E-state index contributed by atoms with van der Waals surface area (Å²) in [5.74, 6) is 1.15. The Morgan fingerprint density at radius 3 is 2.74 bits per heavy atom. The second-order valence-corrected chi connectivity index (χ2v) is 5.01.